The molecule has 0 unspecified atom stereocenters. The molecule has 100 valence electrons. The number of ether oxygens (including phenoxy) is 2. The van der Waals surface area contributed by atoms with Gasteiger partial charge in [-0.25, -0.2) is 4.79 Å². The minimum absolute atomic E-state index is 0.180. The Hall–Kier alpha value is -1.94. The summed E-state index contributed by atoms with van der Waals surface area (Å²) in [7, 11) is 2.84. The average molecular weight is 281 g/mol. The molecule has 0 bridgehead atoms. The molecule has 0 N–H and O–H groups in total. The number of methoxy groups -OCH3 is 2. The first-order valence-electron chi connectivity index (χ1n) is 5.60. The fraction of sp³-hybridized carbons (Fsp3) is 0.214. The van der Waals surface area contributed by atoms with Crippen LogP contribution >= 0.6 is 11.6 Å². The number of rotatable bonds is 3. The van der Waals surface area contributed by atoms with E-state index in [-0.39, 0.29) is 5.76 Å². The van der Waals surface area contributed by atoms with Gasteiger partial charge in [-0.05, 0) is 25.1 Å². The van der Waals surface area contributed by atoms with E-state index in [0.717, 1.165) is 0 Å². The van der Waals surface area contributed by atoms with Crippen LogP contribution in [0.15, 0.2) is 28.7 Å². The van der Waals surface area contributed by atoms with E-state index in [9.17, 15) is 4.79 Å². The lowest BCUT2D eigenvalue weighted by molar-refractivity contribution is 0.0565. The lowest BCUT2D eigenvalue weighted by Gasteiger charge is -2.07. The van der Waals surface area contributed by atoms with Crippen LogP contribution in [0.4, 0.5) is 0 Å². The van der Waals surface area contributed by atoms with Gasteiger partial charge in [-0.15, -0.1) is 0 Å². The Morgan fingerprint density at radius 3 is 2.68 bits per heavy atom. The van der Waals surface area contributed by atoms with Crippen LogP contribution in [0, 0.1) is 6.92 Å². The number of carbonyl (C=O) groups excluding carboxylic acids is 1. The van der Waals surface area contributed by atoms with E-state index in [4.69, 9.17) is 20.8 Å². The zero-order chi connectivity index (χ0) is 14.0. The first-order chi connectivity index (χ1) is 9.08. The Bertz CT molecular complexity index is 616. The van der Waals surface area contributed by atoms with Crippen LogP contribution in [0.3, 0.4) is 0 Å². The summed E-state index contributed by atoms with van der Waals surface area (Å²) in [5.74, 6) is 0.691. The molecular formula is C14H13ClO4. The summed E-state index contributed by atoms with van der Waals surface area (Å²) in [4.78, 5) is 11.5. The summed E-state index contributed by atoms with van der Waals surface area (Å²) in [5.41, 5.74) is 1.39. The van der Waals surface area contributed by atoms with Crippen molar-refractivity contribution in [2.45, 2.75) is 6.92 Å². The van der Waals surface area contributed by atoms with Crippen LogP contribution in [0.25, 0.3) is 11.3 Å². The van der Waals surface area contributed by atoms with Crippen molar-refractivity contribution in [3.05, 3.63) is 40.6 Å². The molecule has 19 heavy (non-hydrogen) atoms. The maximum atomic E-state index is 11.5. The third-order valence-corrected chi connectivity index (χ3v) is 3.02. The van der Waals surface area contributed by atoms with Gasteiger partial charge in [-0.1, -0.05) is 17.7 Å². The zero-order valence-electron chi connectivity index (χ0n) is 10.8. The molecule has 2 rings (SSSR count). The smallest absolute Gasteiger partial charge is 0.374 e. The predicted octanol–water partition coefficient (Wildman–Crippen LogP) is 3.70. The summed E-state index contributed by atoms with van der Waals surface area (Å²) in [6.45, 7) is 1.77. The number of benzene rings is 1. The Morgan fingerprint density at radius 1 is 1.32 bits per heavy atom. The lowest BCUT2D eigenvalue weighted by Crippen LogP contribution is -2.00. The minimum Gasteiger partial charge on any atom is -0.494 e. The highest BCUT2D eigenvalue weighted by atomic mass is 35.5. The van der Waals surface area contributed by atoms with Crippen LogP contribution in [0.2, 0.25) is 5.02 Å². The molecule has 0 aliphatic carbocycles. The zero-order valence-corrected chi connectivity index (χ0v) is 11.6. The number of carbonyl (C=O) groups is 1. The van der Waals surface area contributed by atoms with Gasteiger partial charge in [0.25, 0.3) is 0 Å². The molecule has 0 saturated heterocycles. The summed E-state index contributed by atoms with van der Waals surface area (Å²) < 4.78 is 15.5. The van der Waals surface area contributed by atoms with E-state index in [1.54, 1.807) is 25.1 Å². The van der Waals surface area contributed by atoms with Crippen LogP contribution in [-0.4, -0.2) is 20.2 Å². The van der Waals surface area contributed by atoms with E-state index < -0.39 is 5.97 Å². The van der Waals surface area contributed by atoms with Crippen molar-refractivity contribution in [1.82, 2.24) is 0 Å². The molecule has 0 fully saturated rings. The monoisotopic (exact) mass is 280 g/mol. The number of aryl methyl sites for hydroxylation is 1. The second-order valence-corrected chi connectivity index (χ2v) is 4.34. The average Bonchev–Trinajstić information content (AvgIpc) is 2.79. The van der Waals surface area contributed by atoms with E-state index in [1.807, 2.05) is 6.07 Å². The second kappa shape index (κ2) is 5.36. The van der Waals surface area contributed by atoms with Crippen molar-refractivity contribution in [2.24, 2.45) is 0 Å². The van der Waals surface area contributed by atoms with Crippen LogP contribution in [0.1, 0.15) is 16.1 Å². The minimum atomic E-state index is -0.509. The van der Waals surface area contributed by atoms with Crippen molar-refractivity contribution < 1.29 is 18.7 Å². The maximum Gasteiger partial charge on any atom is 0.374 e. The van der Waals surface area contributed by atoms with Gasteiger partial charge in [0.1, 0.15) is 11.5 Å². The molecule has 0 radical (unpaired) electrons. The van der Waals surface area contributed by atoms with Crippen LogP contribution < -0.4 is 4.74 Å². The molecule has 1 heterocycles. The summed E-state index contributed by atoms with van der Waals surface area (Å²) in [6.07, 6.45) is 0. The Kier molecular flexibility index (Phi) is 3.81. The first-order valence-corrected chi connectivity index (χ1v) is 5.98. The molecule has 0 spiro atoms. The van der Waals surface area contributed by atoms with Gasteiger partial charge in [-0.3, -0.25) is 0 Å². The van der Waals surface area contributed by atoms with E-state index in [2.05, 4.69) is 4.74 Å². The third-order valence-electron chi connectivity index (χ3n) is 2.73. The second-order valence-electron chi connectivity index (χ2n) is 3.94. The Balaban J connectivity index is 2.54. The van der Waals surface area contributed by atoms with Crippen LogP contribution in [-0.2, 0) is 4.74 Å². The Morgan fingerprint density at radius 2 is 2.05 bits per heavy atom. The topological polar surface area (TPSA) is 48.7 Å². The van der Waals surface area contributed by atoms with Crippen molar-refractivity contribution in [2.75, 3.05) is 14.2 Å². The van der Waals surface area contributed by atoms with Gasteiger partial charge in [-0.2, -0.15) is 0 Å². The van der Waals surface area contributed by atoms with Gasteiger partial charge in [0.2, 0.25) is 5.76 Å². The SMILES string of the molecule is COC(=O)c1oc(-c2cccc(Cl)c2OC)cc1C. The predicted molar refractivity (Wildman–Crippen MR) is 71.8 cm³/mol. The van der Waals surface area contributed by atoms with Gasteiger partial charge in [0.05, 0.1) is 24.8 Å². The van der Waals surface area contributed by atoms with Gasteiger partial charge < -0.3 is 13.9 Å². The molecule has 0 aliphatic rings. The lowest BCUT2D eigenvalue weighted by atomic mass is 10.1. The van der Waals surface area contributed by atoms with E-state index in [1.165, 1.54) is 14.2 Å². The fourth-order valence-corrected chi connectivity index (χ4v) is 2.07. The molecule has 2 aromatic rings. The number of hydrogen-bond acceptors (Lipinski definition) is 4. The number of hydrogen-bond donors (Lipinski definition) is 0. The maximum absolute atomic E-state index is 11.5. The quantitative estimate of drug-likeness (QED) is 0.804. The van der Waals surface area contributed by atoms with E-state index in [0.29, 0.717) is 27.7 Å². The Labute approximate surface area is 115 Å². The standard InChI is InChI=1S/C14H13ClO4/c1-8-7-11(19-12(8)14(16)18-3)9-5-4-6-10(15)13(9)17-2/h4-7H,1-3H3. The highest BCUT2D eigenvalue weighted by Gasteiger charge is 2.19. The highest BCUT2D eigenvalue weighted by molar-refractivity contribution is 6.32. The van der Waals surface area contributed by atoms with E-state index >= 15 is 0 Å². The molecule has 1 aromatic carbocycles. The van der Waals surface area contributed by atoms with Gasteiger partial charge >= 0.3 is 5.97 Å². The molecule has 0 aliphatic heterocycles. The summed E-state index contributed by atoms with van der Waals surface area (Å²) in [6, 6.07) is 7.07. The normalized spacial score (nSPS) is 10.3. The van der Waals surface area contributed by atoms with Gasteiger partial charge in [0.15, 0.2) is 0 Å². The number of esters is 1. The molecule has 4 nitrogen and oxygen atoms in total. The molecule has 0 atom stereocenters. The number of para-hydroxylation sites is 1. The highest BCUT2D eigenvalue weighted by Crippen LogP contribution is 2.37. The van der Waals surface area contributed by atoms with Crippen LogP contribution in [0.5, 0.6) is 5.75 Å². The third kappa shape index (κ3) is 2.44. The van der Waals surface area contributed by atoms with Crippen molar-refractivity contribution in [1.29, 1.82) is 0 Å². The van der Waals surface area contributed by atoms with Crippen molar-refractivity contribution in [3.63, 3.8) is 0 Å². The molecular weight excluding hydrogens is 268 g/mol. The number of furan rings is 1. The largest absolute Gasteiger partial charge is 0.494 e. The van der Waals surface area contributed by atoms with Crippen molar-refractivity contribution >= 4 is 17.6 Å². The molecule has 5 heteroatoms. The summed E-state index contributed by atoms with van der Waals surface area (Å²) >= 11 is 6.06. The molecule has 0 saturated carbocycles. The van der Waals surface area contributed by atoms with Gasteiger partial charge in [0, 0.05) is 5.56 Å². The first kappa shape index (κ1) is 13.5. The molecule has 0 amide bonds. The molecule has 1 aromatic heterocycles. The number of halogens is 1. The summed E-state index contributed by atoms with van der Waals surface area (Å²) in [5, 5.41) is 0.480. The fourth-order valence-electron chi connectivity index (χ4n) is 1.82. The van der Waals surface area contributed by atoms with Crippen molar-refractivity contribution in [3.8, 4) is 17.1 Å².